The van der Waals surface area contributed by atoms with Gasteiger partial charge in [-0.05, 0) is 42.8 Å². The number of benzene rings is 1. The molecule has 0 unspecified atom stereocenters. The van der Waals surface area contributed by atoms with Gasteiger partial charge in [0.25, 0.3) is 11.8 Å². The van der Waals surface area contributed by atoms with Crippen molar-refractivity contribution in [3.05, 3.63) is 70.6 Å². The fourth-order valence-corrected chi connectivity index (χ4v) is 3.11. The molecule has 26 heavy (non-hydrogen) atoms. The zero-order valence-corrected chi connectivity index (χ0v) is 14.4. The number of thiophene rings is 1. The van der Waals surface area contributed by atoms with Crippen molar-refractivity contribution in [1.29, 1.82) is 0 Å². The Balaban J connectivity index is 1.62. The SMILES string of the molecule is CC(=O)c1c[nH]c(C(=O)NNC(=O)c2ccc(-c3ccc(F)cc3)s2)c1. The minimum atomic E-state index is -0.568. The monoisotopic (exact) mass is 371 g/mol. The highest BCUT2D eigenvalue weighted by Gasteiger charge is 2.14. The lowest BCUT2D eigenvalue weighted by Gasteiger charge is -2.04. The van der Waals surface area contributed by atoms with Gasteiger partial charge in [0, 0.05) is 16.6 Å². The van der Waals surface area contributed by atoms with Crippen molar-refractivity contribution >= 4 is 28.9 Å². The summed E-state index contributed by atoms with van der Waals surface area (Å²) in [5.41, 5.74) is 5.93. The fourth-order valence-electron chi connectivity index (χ4n) is 2.20. The average Bonchev–Trinajstić information content (AvgIpc) is 3.29. The van der Waals surface area contributed by atoms with Gasteiger partial charge in [0.15, 0.2) is 5.78 Å². The molecule has 0 aliphatic carbocycles. The highest BCUT2D eigenvalue weighted by molar-refractivity contribution is 7.17. The summed E-state index contributed by atoms with van der Waals surface area (Å²) in [5, 5.41) is 0. The number of hydrogen-bond donors (Lipinski definition) is 3. The second-order valence-corrected chi connectivity index (χ2v) is 6.52. The van der Waals surface area contributed by atoms with E-state index in [0.29, 0.717) is 10.4 Å². The van der Waals surface area contributed by atoms with Crippen LogP contribution in [0.2, 0.25) is 0 Å². The molecule has 8 heteroatoms. The summed E-state index contributed by atoms with van der Waals surface area (Å²) in [6.07, 6.45) is 1.42. The number of nitrogens with one attached hydrogen (secondary N) is 3. The zero-order chi connectivity index (χ0) is 18.7. The summed E-state index contributed by atoms with van der Waals surface area (Å²) in [5.74, 6) is -1.55. The molecule has 0 saturated carbocycles. The van der Waals surface area contributed by atoms with Gasteiger partial charge in [0.05, 0.1) is 4.88 Å². The first-order valence-electron chi connectivity index (χ1n) is 7.60. The molecule has 2 heterocycles. The number of hydrogen-bond acceptors (Lipinski definition) is 4. The molecule has 2 amide bonds. The Morgan fingerprint density at radius 3 is 2.35 bits per heavy atom. The fraction of sp³-hybridized carbons (Fsp3) is 0.0556. The van der Waals surface area contributed by atoms with E-state index in [1.54, 1.807) is 24.3 Å². The van der Waals surface area contributed by atoms with Crippen molar-refractivity contribution in [2.45, 2.75) is 6.92 Å². The molecule has 3 aromatic rings. The van der Waals surface area contributed by atoms with E-state index in [9.17, 15) is 18.8 Å². The van der Waals surface area contributed by atoms with E-state index in [4.69, 9.17) is 0 Å². The normalized spacial score (nSPS) is 10.4. The van der Waals surface area contributed by atoms with Crippen LogP contribution in [0.1, 0.15) is 37.4 Å². The molecule has 0 atom stereocenters. The molecule has 0 fully saturated rings. The molecule has 0 spiro atoms. The van der Waals surface area contributed by atoms with E-state index in [-0.39, 0.29) is 17.3 Å². The molecular formula is C18H14FN3O3S. The smallest absolute Gasteiger partial charge is 0.286 e. The molecule has 0 bridgehead atoms. The molecule has 1 aromatic carbocycles. The number of halogens is 1. The van der Waals surface area contributed by atoms with Crippen LogP contribution in [-0.2, 0) is 0 Å². The standard InChI is InChI=1S/C18H14FN3O3S/c1-10(23)12-8-14(20-9-12)17(24)21-22-18(25)16-7-6-15(26-16)11-2-4-13(19)5-3-11/h2-9,20H,1H3,(H,21,24)(H,22,25). The van der Waals surface area contributed by atoms with Gasteiger partial charge in [-0.25, -0.2) is 4.39 Å². The second kappa shape index (κ2) is 7.32. The minimum absolute atomic E-state index is 0.161. The number of H-pyrrole nitrogens is 1. The summed E-state index contributed by atoms with van der Waals surface area (Å²) >= 11 is 1.22. The van der Waals surface area contributed by atoms with Crippen LogP contribution in [0.4, 0.5) is 4.39 Å². The van der Waals surface area contributed by atoms with Crippen LogP contribution < -0.4 is 10.9 Å². The Hall–Kier alpha value is -3.26. The number of amides is 2. The lowest BCUT2D eigenvalue weighted by Crippen LogP contribution is -2.41. The molecule has 0 saturated heterocycles. The van der Waals surface area contributed by atoms with Crippen molar-refractivity contribution < 1.29 is 18.8 Å². The molecule has 0 aliphatic heterocycles. The van der Waals surface area contributed by atoms with Gasteiger partial charge in [-0.15, -0.1) is 11.3 Å². The van der Waals surface area contributed by atoms with Crippen molar-refractivity contribution in [1.82, 2.24) is 15.8 Å². The maximum absolute atomic E-state index is 13.0. The van der Waals surface area contributed by atoms with Gasteiger partial charge in [0.1, 0.15) is 11.5 Å². The van der Waals surface area contributed by atoms with Gasteiger partial charge in [0.2, 0.25) is 0 Å². The Morgan fingerprint density at radius 1 is 1.00 bits per heavy atom. The van der Waals surface area contributed by atoms with Crippen LogP contribution in [-0.4, -0.2) is 22.6 Å². The van der Waals surface area contributed by atoms with E-state index in [0.717, 1.165) is 10.4 Å². The van der Waals surface area contributed by atoms with E-state index in [2.05, 4.69) is 15.8 Å². The molecule has 2 aromatic heterocycles. The molecule has 3 rings (SSSR count). The third kappa shape index (κ3) is 3.86. The number of rotatable bonds is 4. The summed E-state index contributed by atoms with van der Waals surface area (Å²) in [4.78, 5) is 39.2. The molecular weight excluding hydrogens is 357 g/mol. The zero-order valence-electron chi connectivity index (χ0n) is 13.6. The Labute approximate surface area is 152 Å². The van der Waals surface area contributed by atoms with Gasteiger partial charge in [-0.2, -0.15) is 0 Å². The maximum atomic E-state index is 13.0. The van der Waals surface area contributed by atoms with Gasteiger partial charge in [-0.3, -0.25) is 25.2 Å². The van der Waals surface area contributed by atoms with Crippen molar-refractivity contribution in [2.75, 3.05) is 0 Å². The largest absolute Gasteiger partial charge is 0.356 e. The van der Waals surface area contributed by atoms with Crippen LogP contribution in [0.5, 0.6) is 0 Å². The number of ketones is 1. The summed E-state index contributed by atoms with van der Waals surface area (Å²) in [7, 11) is 0. The van der Waals surface area contributed by atoms with E-state index in [1.165, 1.54) is 42.7 Å². The number of Topliss-reactive ketones (excluding diaryl/α,β-unsaturated/α-hetero) is 1. The average molecular weight is 371 g/mol. The molecule has 3 N–H and O–H groups in total. The van der Waals surface area contributed by atoms with Crippen LogP contribution in [0.25, 0.3) is 10.4 Å². The summed E-state index contributed by atoms with van der Waals surface area (Å²) < 4.78 is 13.0. The van der Waals surface area contributed by atoms with Gasteiger partial charge in [-0.1, -0.05) is 12.1 Å². The van der Waals surface area contributed by atoms with Gasteiger partial charge >= 0.3 is 0 Å². The van der Waals surface area contributed by atoms with E-state index < -0.39 is 11.8 Å². The van der Waals surface area contributed by atoms with Crippen molar-refractivity contribution in [2.24, 2.45) is 0 Å². The maximum Gasteiger partial charge on any atom is 0.286 e. The Bertz CT molecular complexity index is 976. The first kappa shape index (κ1) is 17.6. The first-order chi connectivity index (χ1) is 12.4. The third-order valence-electron chi connectivity index (χ3n) is 3.58. The molecule has 0 aliphatic rings. The second-order valence-electron chi connectivity index (χ2n) is 5.44. The predicted octanol–water partition coefficient (Wildman–Crippen LogP) is 3.16. The highest BCUT2D eigenvalue weighted by atomic mass is 32.1. The topological polar surface area (TPSA) is 91.1 Å². The summed E-state index contributed by atoms with van der Waals surface area (Å²) in [6, 6.07) is 10.7. The van der Waals surface area contributed by atoms with Crippen LogP contribution in [0.3, 0.4) is 0 Å². The Kier molecular flexibility index (Phi) is 4.94. The minimum Gasteiger partial charge on any atom is -0.356 e. The Morgan fingerprint density at radius 2 is 1.69 bits per heavy atom. The quantitative estimate of drug-likeness (QED) is 0.486. The summed E-state index contributed by atoms with van der Waals surface area (Å²) in [6.45, 7) is 1.39. The number of aromatic amines is 1. The number of carbonyl (C=O) groups excluding carboxylic acids is 3. The lowest BCUT2D eigenvalue weighted by atomic mass is 10.2. The highest BCUT2D eigenvalue weighted by Crippen LogP contribution is 2.28. The molecule has 132 valence electrons. The first-order valence-corrected chi connectivity index (χ1v) is 8.41. The van der Waals surface area contributed by atoms with Crippen LogP contribution in [0, 0.1) is 5.82 Å². The lowest BCUT2D eigenvalue weighted by molar-refractivity contribution is 0.0846. The molecule has 0 radical (unpaired) electrons. The van der Waals surface area contributed by atoms with Gasteiger partial charge < -0.3 is 4.98 Å². The number of aromatic nitrogens is 1. The third-order valence-corrected chi connectivity index (χ3v) is 4.72. The van der Waals surface area contributed by atoms with E-state index in [1.807, 2.05) is 0 Å². The number of hydrazine groups is 1. The number of carbonyl (C=O) groups is 3. The van der Waals surface area contributed by atoms with Crippen molar-refractivity contribution in [3.63, 3.8) is 0 Å². The van der Waals surface area contributed by atoms with Crippen LogP contribution >= 0.6 is 11.3 Å². The van der Waals surface area contributed by atoms with Crippen LogP contribution in [0.15, 0.2) is 48.7 Å². The van der Waals surface area contributed by atoms with E-state index >= 15 is 0 Å². The van der Waals surface area contributed by atoms with Crippen molar-refractivity contribution in [3.8, 4) is 10.4 Å². The predicted molar refractivity (Wildman–Crippen MR) is 95.4 cm³/mol. The molecule has 6 nitrogen and oxygen atoms in total.